The predicted octanol–water partition coefficient (Wildman–Crippen LogP) is 5.21. The number of hydrogen-bond acceptors (Lipinski definition) is 4. The molecule has 0 saturated heterocycles. The molecule has 1 N–H and O–H groups in total. The summed E-state index contributed by atoms with van der Waals surface area (Å²) in [6, 6.07) is 13.9. The number of hydrogen-bond donors (Lipinski definition) is 1. The van der Waals surface area contributed by atoms with E-state index in [-0.39, 0.29) is 18.8 Å². The van der Waals surface area contributed by atoms with E-state index in [4.69, 9.17) is 32.7 Å². The highest BCUT2D eigenvalue weighted by molar-refractivity contribution is 6.42. The Morgan fingerprint density at radius 3 is 2.33 bits per heavy atom. The van der Waals surface area contributed by atoms with Gasteiger partial charge in [-0.3, -0.25) is 5.32 Å². The average molecular weight is 408 g/mol. The number of alkyl carbamates (subject to hydrolysis) is 1. The molecule has 1 amide bonds. The molecule has 2 aromatic carbocycles. The van der Waals surface area contributed by atoms with Crippen LogP contribution >= 0.6 is 23.2 Å². The van der Waals surface area contributed by atoms with Crippen LogP contribution in [0.2, 0.25) is 10.0 Å². The minimum absolute atomic E-state index is 0.01000. The van der Waals surface area contributed by atoms with Crippen molar-refractivity contribution in [3.05, 3.63) is 75.4 Å². The summed E-state index contributed by atoms with van der Waals surface area (Å²) in [6.07, 6.45) is -0.698. The summed E-state index contributed by atoms with van der Waals surface area (Å²) in [5, 5.41) is 3.37. The molecule has 2 rings (SSSR count). The predicted molar refractivity (Wildman–Crippen MR) is 105 cm³/mol. The maximum atomic E-state index is 12.3. The molecule has 0 bridgehead atoms. The minimum atomic E-state index is -0.698. The fourth-order valence-corrected chi connectivity index (χ4v) is 2.65. The fraction of sp³-hybridized carbons (Fsp3) is 0.200. The number of halogens is 2. The molecule has 0 radical (unpaired) electrons. The molecule has 142 valence electrons. The van der Waals surface area contributed by atoms with Crippen LogP contribution in [0.5, 0.6) is 0 Å². The van der Waals surface area contributed by atoms with Gasteiger partial charge in [-0.1, -0.05) is 59.6 Å². The summed E-state index contributed by atoms with van der Waals surface area (Å²) in [5.41, 5.74) is 1.93. The number of rotatable bonds is 6. The molecule has 0 atom stereocenters. The van der Waals surface area contributed by atoms with Gasteiger partial charge in [-0.25, -0.2) is 9.59 Å². The second-order valence-corrected chi connectivity index (χ2v) is 6.35. The summed E-state index contributed by atoms with van der Waals surface area (Å²) < 4.78 is 10.3. The van der Waals surface area contributed by atoms with Crippen molar-refractivity contribution < 1.29 is 19.1 Å². The maximum Gasteiger partial charge on any atom is 0.411 e. The van der Waals surface area contributed by atoms with E-state index in [1.54, 1.807) is 56.3 Å². The van der Waals surface area contributed by atoms with Gasteiger partial charge in [0.05, 0.1) is 22.2 Å². The number of allylic oxidation sites excluding steroid dienone is 1. The molecule has 2 aromatic rings. The first-order valence-corrected chi connectivity index (χ1v) is 8.99. The third kappa shape index (κ3) is 6.01. The largest absolute Gasteiger partial charge is 0.462 e. The second-order valence-electron chi connectivity index (χ2n) is 5.54. The van der Waals surface area contributed by atoms with E-state index in [2.05, 4.69) is 5.32 Å². The van der Waals surface area contributed by atoms with Crippen molar-refractivity contribution in [1.29, 1.82) is 0 Å². The molecular formula is C20H19Cl2NO4. The Kier molecular flexibility index (Phi) is 7.70. The van der Waals surface area contributed by atoms with E-state index in [9.17, 15) is 9.59 Å². The van der Waals surface area contributed by atoms with Crippen LogP contribution in [0.1, 0.15) is 25.0 Å². The van der Waals surface area contributed by atoms with Gasteiger partial charge in [0, 0.05) is 5.70 Å². The Labute approximate surface area is 167 Å². The molecule has 0 spiro atoms. The zero-order chi connectivity index (χ0) is 19.8. The normalized spacial score (nSPS) is 11.4. The van der Waals surface area contributed by atoms with Crippen LogP contribution in [-0.4, -0.2) is 18.7 Å². The highest BCUT2D eigenvalue weighted by Gasteiger charge is 2.18. The number of carbonyl (C=O) groups excluding carboxylic acids is 2. The topological polar surface area (TPSA) is 64.6 Å². The molecule has 0 saturated carbocycles. The Morgan fingerprint density at radius 1 is 1.00 bits per heavy atom. The van der Waals surface area contributed by atoms with Crippen LogP contribution in [0.25, 0.3) is 5.57 Å². The lowest BCUT2D eigenvalue weighted by atomic mass is 10.0. The molecule has 0 unspecified atom stereocenters. The van der Waals surface area contributed by atoms with Crippen LogP contribution in [0.4, 0.5) is 4.79 Å². The lowest BCUT2D eigenvalue weighted by Crippen LogP contribution is -2.25. The summed E-state index contributed by atoms with van der Waals surface area (Å²) in [7, 11) is 0. The van der Waals surface area contributed by atoms with E-state index < -0.39 is 12.1 Å². The molecule has 0 aliphatic rings. The molecule has 0 fully saturated rings. The summed E-state index contributed by atoms with van der Waals surface area (Å²) in [5.74, 6) is -0.522. The van der Waals surface area contributed by atoms with Gasteiger partial charge in [0.25, 0.3) is 0 Å². The van der Waals surface area contributed by atoms with E-state index in [0.717, 1.165) is 0 Å². The van der Waals surface area contributed by atoms with E-state index in [1.807, 2.05) is 6.07 Å². The summed E-state index contributed by atoms with van der Waals surface area (Å²) >= 11 is 11.8. The van der Waals surface area contributed by atoms with Crippen molar-refractivity contribution in [2.45, 2.75) is 20.5 Å². The highest BCUT2D eigenvalue weighted by atomic mass is 35.5. The van der Waals surface area contributed by atoms with Crippen LogP contribution in [0.3, 0.4) is 0 Å². The second kappa shape index (κ2) is 10.00. The van der Waals surface area contributed by atoms with Crippen molar-refractivity contribution >= 4 is 40.8 Å². The standard InChI is InChI=1S/C20H19Cl2NO4/c1-3-26-19(24)18(15-7-5-4-6-8-15)13(2)23-20(25)27-12-14-9-10-16(21)17(22)11-14/h4-11H,3,12H2,1-2H3,(H,23,25). The number of ether oxygens (including phenoxy) is 2. The van der Waals surface area contributed by atoms with Crippen molar-refractivity contribution in [3.8, 4) is 0 Å². The first kappa shape index (κ1) is 20.8. The highest BCUT2D eigenvalue weighted by Crippen LogP contribution is 2.23. The number of carbonyl (C=O) groups is 2. The monoisotopic (exact) mass is 407 g/mol. The van der Waals surface area contributed by atoms with E-state index in [1.165, 1.54) is 0 Å². The molecular weight excluding hydrogens is 389 g/mol. The molecule has 0 aliphatic carbocycles. The molecule has 0 aliphatic heterocycles. The van der Waals surface area contributed by atoms with E-state index in [0.29, 0.717) is 26.9 Å². The maximum absolute atomic E-state index is 12.3. The van der Waals surface area contributed by atoms with Gasteiger partial charge < -0.3 is 9.47 Å². The van der Waals surface area contributed by atoms with Crippen LogP contribution in [-0.2, 0) is 20.9 Å². The molecule has 27 heavy (non-hydrogen) atoms. The third-order valence-electron chi connectivity index (χ3n) is 3.56. The van der Waals surface area contributed by atoms with Gasteiger partial charge in [0.2, 0.25) is 0 Å². The molecule has 0 aromatic heterocycles. The van der Waals surface area contributed by atoms with Gasteiger partial charge in [-0.05, 0) is 37.1 Å². The van der Waals surface area contributed by atoms with Gasteiger partial charge in [0.1, 0.15) is 6.61 Å². The number of amides is 1. The Balaban J connectivity index is 2.11. The third-order valence-corrected chi connectivity index (χ3v) is 4.30. The molecule has 5 nitrogen and oxygen atoms in total. The smallest absolute Gasteiger partial charge is 0.411 e. The van der Waals surface area contributed by atoms with Gasteiger partial charge in [-0.15, -0.1) is 0 Å². The van der Waals surface area contributed by atoms with Gasteiger partial charge >= 0.3 is 12.1 Å². The first-order valence-electron chi connectivity index (χ1n) is 8.23. The summed E-state index contributed by atoms with van der Waals surface area (Å²) in [4.78, 5) is 24.4. The summed E-state index contributed by atoms with van der Waals surface area (Å²) in [6.45, 7) is 3.56. The SMILES string of the molecule is CCOC(=O)C(=C(C)NC(=O)OCc1ccc(Cl)c(Cl)c1)c1ccccc1. The number of esters is 1. The zero-order valence-corrected chi connectivity index (χ0v) is 16.4. The quantitative estimate of drug-likeness (QED) is 0.526. The Morgan fingerprint density at radius 2 is 1.70 bits per heavy atom. The molecule has 7 heteroatoms. The van der Waals surface area contributed by atoms with Gasteiger partial charge in [-0.2, -0.15) is 0 Å². The van der Waals surface area contributed by atoms with Crippen molar-refractivity contribution in [2.75, 3.05) is 6.61 Å². The number of benzene rings is 2. The Bertz CT molecular complexity index is 850. The fourth-order valence-electron chi connectivity index (χ4n) is 2.33. The van der Waals surface area contributed by atoms with Crippen LogP contribution in [0, 0.1) is 0 Å². The number of nitrogens with one attached hydrogen (secondary N) is 1. The lowest BCUT2D eigenvalue weighted by Gasteiger charge is -2.13. The van der Waals surface area contributed by atoms with E-state index >= 15 is 0 Å². The van der Waals surface area contributed by atoms with Crippen molar-refractivity contribution in [2.24, 2.45) is 0 Å². The van der Waals surface area contributed by atoms with Crippen LogP contribution < -0.4 is 5.32 Å². The van der Waals surface area contributed by atoms with Crippen molar-refractivity contribution in [1.82, 2.24) is 5.32 Å². The van der Waals surface area contributed by atoms with Crippen LogP contribution in [0.15, 0.2) is 54.2 Å². The average Bonchev–Trinajstić information content (AvgIpc) is 2.64. The minimum Gasteiger partial charge on any atom is -0.462 e. The lowest BCUT2D eigenvalue weighted by molar-refractivity contribution is -0.136. The van der Waals surface area contributed by atoms with Gasteiger partial charge in [0.15, 0.2) is 0 Å². The molecule has 0 heterocycles. The Hall–Kier alpha value is -2.50. The first-order chi connectivity index (χ1) is 12.9. The zero-order valence-electron chi connectivity index (χ0n) is 14.9. The van der Waals surface area contributed by atoms with Crippen molar-refractivity contribution in [3.63, 3.8) is 0 Å².